The van der Waals surface area contributed by atoms with Crippen molar-refractivity contribution in [2.24, 2.45) is 0 Å². The largest absolute Gasteiger partial charge is 0.358 e. The van der Waals surface area contributed by atoms with Crippen LogP contribution in [0, 0.1) is 25.2 Å². The summed E-state index contributed by atoms with van der Waals surface area (Å²) >= 11 is 0. The van der Waals surface area contributed by atoms with Crippen molar-refractivity contribution >= 4 is 10.9 Å². The Morgan fingerprint density at radius 2 is 2.13 bits per heavy atom. The summed E-state index contributed by atoms with van der Waals surface area (Å²) in [6, 6.07) is 8.49. The van der Waals surface area contributed by atoms with E-state index in [1.165, 1.54) is 27.7 Å². The van der Waals surface area contributed by atoms with Crippen molar-refractivity contribution in [3.05, 3.63) is 35.0 Å². The zero-order valence-electron chi connectivity index (χ0n) is 9.09. The molecular weight excluding hydrogens is 184 g/mol. The molecule has 2 rings (SSSR count). The number of hydrogen-bond donors (Lipinski definition) is 1. The summed E-state index contributed by atoms with van der Waals surface area (Å²) in [6.45, 7) is 4.22. The molecule has 2 heteroatoms. The maximum absolute atomic E-state index is 8.58. The summed E-state index contributed by atoms with van der Waals surface area (Å²) in [4.78, 5) is 3.42. The average Bonchev–Trinajstić information content (AvgIpc) is 2.55. The molecule has 1 aromatic carbocycles. The second-order valence-corrected chi connectivity index (χ2v) is 3.88. The van der Waals surface area contributed by atoms with E-state index in [-0.39, 0.29) is 0 Å². The van der Waals surface area contributed by atoms with Crippen LogP contribution in [0.1, 0.15) is 23.2 Å². The highest BCUT2D eigenvalue weighted by atomic mass is 14.7. The molecule has 1 aromatic heterocycles. The van der Waals surface area contributed by atoms with Crippen molar-refractivity contribution in [2.45, 2.75) is 26.7 Å². The van der Waals surface area contributed by atoms with Crippen LogP contribution in [0.3, 0.4) is 0 Å². The summed E-state index contributed by atoms with van der Waals surface area (Å²) in [5.41, 5.74) is 4.95. The molecule has 15 heavy (non-hydrogen) atoms. The van der Waals surface area contributed by atoms with Gasteiger partial charge in [-0.15, -0.1) is 0 Å². The third kappa shape index (κ3) is 1.61. The Bertz CT molecular complexity index is 529. The molecule has 2 aromatic rings. The number of nitrogens with one attached hydrogen (secondary N) is 1. The molecule has 0 amide bonds. The summed E-state index contributed by atoms with van der Waals surface area (Å²) in [6.07, 6.45) is 1.39. The van der Waals surface area contributed by atoms with Crippen LogP contribution in [0.25, 0.3) is 10.9 Å². The summed E-state index contributed by atoms with van der Waals surface area (Å²) in [7, 11) is 0. The molecule has 0 aliphatic carbocycles. The summed E-state index contributed by atoms with van der Waals surface area (Å²) in [5, 5.41) is 9.86. The number of hydrogen-bond acceptors (Lipinski definition) is 1. The lowest BCUT2D eigenvalue weighted by Crippen LogP contribution is -1.86. The van der Waals surface area contributed by atoms with E-state index in [1.54, 1.807) is 0 Å². The van der Waals surface area contributed by atoms with Crippen molar-refractivity contribution < 1.29 is 0 Å². The highest BCUT2D eigenvalue weighted by Gasteiger charge is 2.07. The van der Waals surface area contributed by atoms with E-state index < -0.39 is 0 Å². The number of aromatic nitrogens is 1. The van der Waals surface area contributed by atoms with Gasteiger partial charge in [-0.05, 0) is 25.0 Å². The van der Waals surface area contributed by atoms with Gasteiger partial charge in [0.25, 0.3) is 0 Å². The van der Waals surface area contributed by atoms with Crippen molar-refractivity contribution in [1.82, 2.24) is 4.98 Å². The van der Waals surface area contributed by atoms with E-state index >= 15 is 0 Å². The summed E-state index contributed by atoms with van der Waals surface area (Å²) < 4.78 is 0. The quantitative estimate of drug-likeness (QED) is 0.790. The molecule has 1 N–H and O–H groups in total. The number of benzene rings is 1. The predicted octanol–water partition coefficient (Wildman–Crippen LogP) is 3.24. The van der Waals surface area contributed by atoms with Crippen molar-refractivity contribution in [3.63, 3.8) is 0 Å². The fourth-order valence-electron chi connectivity index (χ4n) is 1.98. The van der Waals surface area contributed by atoms with Gasteiger partial charge in [-0.25, -0.2) is 0 Å². The monoisotopic (exact) mass is 198 g/mol. The Morgan fingerprint density at radius 3 is 2.80 bits per heavy atom. The van der Waals surface area contributed by atoms with Crippen molar-refractivity contribution in [1.29, 1.82) is 5.26 Å². The molecular formula is C13H14N2. The van der Waals surface area contributed by atoms with Crippen molar-refractivity contribution in [3.8, 4) is 6.07 Å². The van der Waals surface area contributed by atoms with Gasteiger partial charge < -0.3 is 4.98 Å². The first kappa shape index (κ1) is 9.79. The number of fused-ring (bicyclic) bond motifs is 1. The Balaban J connectivity index is 2.55. The van der Waals surface area contributed by atoms with Gasteiger partial charge in [0.2, 0.25) is 0 Å². The zero-order chi connectivity index (χ0) is 10.8. The van der Waals surface area contributed by atoms with Gasteiger partial charge in [0.1, 0.15) is 0 Å². The maximum atomic E-state index is 8.58. The standard InChI is InChI=1S/C13H14N2/c1-9-5-3-6-11-10(2)12(7-4-8-14)15-13(9)11/h3,5-6,15H,4,7H2,1-2H3. The molecule has 1 heterocycles. The molecule has 0 saturated carbocycles. The van der Waals surface area contributed by atoms with Gasteiger partial charge in [0.05, 0.1) is 6.07 Å². The molecule has 0 unspecified atom stereocenters. The van der Waals surface area contributed by atoms with Gasteiger partial charge in [0.15, 0.2) is 0 Å². The number of aromatic amines is 1. The molecule has 0 fully saturated rings. The topological polar surface area (TPSA) is 39.6 Å². The van der Waals surface area contributed by atoms with Crippen LogP contribution in [0.5, 0.6) is 0 Å². The number of nitrogens with zero attached hydrogens (tertiary/aromatic N) is 1. The van der Waals surface area contributed by atoms with E-state index in [0.717, 1.165) is 6.42 Å². The van der Waals surface area contributed by atoms with Gasteiger partial charge in [-0.1, -0.05) is 18.2 Å². The van der Waals surface area contributed by atoms with E-state index in [2.05, 4.69) is 43.1 Å². The zero-order valence-corrected chi connectivity index (χ0v) is 9.09. The first-order chi connectivity index (χ1) is 7.24. The van der Waals surface area contributed by atoms with Crippen LogP contribution in [0.2, 0.25) is 0 Å². The Hall–Kier alpha value is -1.75. The van der Waals surface area contributed by atoms with Crippen LogP contribution in [-0.2, 0) is 6.42 Å². The number of H-pyrrole nitrogens is 1. The van der Waals surface area contributed by atoms with Crippen LogP contribution in [-0.4, -0.2) is 4.98 Å². The summed E-state index contributed by atoms with van der Waals surface area (Å²) in [5.74, 6) is 0. The molecule has 0 atom stereocenters. The third-order valence-corrected chi connectivity index (χ3v) is 2.89. The third-order valence-electron chi connectivity index (χ3n) is 2.89. The lowest BCUT2D eigenvalue weighted by atomic mass is 10.1. The second-order valence-electron chi connectivity index (χ2n) is 3.88. The molecule has 0 bridgehead atoms. The van der Waals surface area contributed by atoms with Crippen LogP contribution < -0.4 is 0 Å². The first-order valence-electron chi connectivity index (χ1n) is 5.17. The average molecular weight is 198 g/mol. The van der Waals surface area contributed by atoms with Gasteiger partial charge in [-0.2, -0.15) is 5.26 Å². The van der Waals surface area contributed by atoms with E-state index in [0.29, 0.717) is 6.42 Å². The Morgan fingerprint density at radius 1 is 1.33 bits per heavy atom. The molecule has 0 aliphatic rings. The Kier molecular flexibility index (Phi) is 2.47. The SMILES string of the molecule is Cc1c(CCC#N)[nH]c2c(C)cccc12. The second kappa shape index (κ2) is 3.78. The number of para-hydroxylation sites is 1. The minimum atomic E-state index is 0.576. The Labute approximate surface area is 89.5 Å². The lowest BCUT2D eigenvalue weighted by molar-refractivity contribution is 0.960. The highest BCUT2D eigenvalue weighted by molar-refractivity contribution is 5.86. The number of aryl methyl sites for hydroxylation is 3. The number of nitriles is 1. The predicted molar refractivity (Wildman–Crippen MR) is 61.7 cm³/mol. The minimum absolute atomic E-state index is 0.576. The first-order valence-corrected chi connectivity index (χ1v) is 5.17. The van der Waals surface area contributed by atoms with Gasteiger partial charge >= 0.3 is 0 Å². The fourth-order valence-corrected chi connectivity index (χ4v) is 1.98. The van der Waals surface area contributed by atoms with Gasteiger partial charge in [0, 0.05) is 29.4 Å². The van der Waals surface area contributed by atoms with E-state index in [9.17, 15) is 0 Å². The smallest absolute Gasteiger partial charge is 0.0625 e. The van der Waals surface area contributed by atoms with Crippen LogP contribution in [0.4, 0.5) is 0 Å². The molecule has 0 radical (unpaired) electrons. The lowest BCUT2D eigenvalue weighted by Gasteiger charge is -1.94. The molecule has 2 nitrogen and oxygen atoms in total. The minimum Gasteiger partial charge on any atom is -0.358 e. The molecule has 0 aliphatic heterocycles. The van der Waals surface area contributed by atoms with Crippen LogP contribution >= 0.6 is 0 Å². The van der Waals surface area contributed by atoms with Crippen molar-refractivity contribution in [2.75, 3.05) is 0 Å². The van der Waals surface area contributed by atoms with E-state index in [4.69, 9.17) is 5.26 Å². The maximum Gasteiger partial charge on any atom is 0.0625 e. The molecule has 0 spiro atoms. The highest BCUT2D eigenvalue weighted by Crippen LogP contribution is 2.24. The molecule has 0 saturated heterocycles. The van der Waals surface area contributed by atoms with Crippen LogP contribution in [0.15, 0.2) is 18.2 Å². The van der Waals surface area contributed by atoms with E-state index in [1.807, 2.05) is 0 Å². The normalized spacial score (nSPS) is 10.5. The number of rotatable bonds is 2. The fraction of sp³-hybridized carbons (Fsp3) is 0.308. The van der Waals surface area contributed by atoms with Gasteiger partial charge in [-0.3, -0.25) is 0 Å². The molecule has 76 valence electrons.